The number of hydrogen-bond acceptors (Lipinski definition) is 6. The van der Waals surface area contributed by atoms with E-state index in [0.29, 0.717) is 18.3 Å². The fourth-order valence-corrected chi connectivity index (χ4v) is 2.92. The molecule has 0 radical (unpaired) electrons. The molecule has 0 aromatic carbocycles. The lowest BCUT2D eigenvalue weighted by Crippen LogP contribution is -2.22. The zero-order valence-corrected chi connectivity index (χ0v) is 12.3. The number of aliphatic hydroxyl groups excluding tert-OH is 1. The highest BCUT2D eigenvalue weighted by Crippen LogP contribution is 2.28. The molecule has 104 valence electrons. The summed E-state index contributed by atoms with van der Waals surface area (Å²) in [4.78, 5) is 10.5. The Morgan fingerprint density at radius 3 is 2.84 bits per heavy atom. The van der Waals surface area contributed by atoms with Crippen LogP contribution in [0.3, 0.4) is 0 Å². The smallest absolute Gasteiger partial charge is 0.223 e. The van der Waals surface area contributed by atoms with Gasteiger partial charge in [0.1, 0.15) is 10.6 Å². The molecule has 0 spiro atoms. The first-order valence-corrected chi connectivity index (χ1v) is 7.23. The molecule has 1 unspecified atom stereocenters. The lowest BCUT2D eigenvalue weighted by molar-refractivity contribution is 0.161. The number of anilines is 2. The summed E-state index contributed by atoms with van der Waals surface area (Å²) in [7, 11) is 0. The molecule has 1 atom stereocenters. The van der Waals surface area contributed by atoms with Crippen molar-refractivity contribution < 1.29 is 5.11 Å². The molecule has 2 aromatic heterocycles. The number of thiophene rings is 1. The predicted octanol–water partition coefficient (Wildman–Crippen LogP) is 2.40. The Balaban J connectivity index is 2.15. The summed E-state index contributed by atoms with van der Waals surface area (Å²) in [5.41, 5.74) is 5.70. The van der Waals surface area contributed by atoms with Crippen LogP contribution in [0.1, 0.15) is 25.1 Å². The maximum Gasteiger partial charge on any atom is 0.223 e. The number of hydrogen-bond donors (Lipinski definition) is 3. The molecular weight excluding hydrogens is 260 g/mol. The largest absolute Gasteiger partial charge is 0.391 e. The molecule has 0 fully saturated rings. The number of nitrogens with one attached hydrogen (secondary N) is 1. The molecule has 5 nitrogen and oxygen atoms in total. The van der Waals surface area contributed by atoms with Crippen molar-refractivity contribution in [3.63, 3.8) is 0 Å². The highest BCUT2D eigenvalue weighted by molar-refractivity contribution is 7.18. The van der Waals surface area contributed by atoms with Gasteiger partial charge >= 0.3 is 0 Å². The second-order valence-electron chi connectivity index (χ2n) is 5.17. The maximum absolute atomic E-state index is 9.89. The zero-order valence-electron chi connectivity index (χ0n) is 11.5. The lowest BCUT2D eigenvalue weighted by atomic mass is 10.1. The minimum Gasteiger partial charge on any atom is -0.391 e. The number of rotatable bonds is 5. The first-order chi connectivity index (χ1) is 8.95. The summed E-state index contributed by atoms with van der Waals surface area (Å²) < 4.78 is 0. The molecule has 6 heteroatoms. The van der Waals surface area contributed by atoms with E-state index in [1.807, 2.05) is 13.0 Å². The van der Waals surface area contributed by atoms with Crippen molar-refractivity contribution in [3.05, 3.63) is 10.9 Å². The van der Waals surface area contributed by atoms with Crippen LogP contribution in [-0.4, -0.2) is 27.7 Å². The van der Waals surface area contributed by atoms with Gasteiger partial charge in [-0.3, -0.25) is 0 Å². The molecule has 0 aliphatic heterocycles. The van der Waals surface area contributed by atoms with Crippen LogP contribution in [0.15, 0.2) is 6.07 Å². The topological polar surface area (TPSA) is 84.1 Å². The molecule has 2 heterocycles. The van der Waals surface area contributed by atoms with E-state index in [0.717, 1.165) is 16.6 Å². The third-order valence-corrected chi connectivity index (χ3v) is 3.73. The standard InChI is InChI=1S/C13H20N4OS/c1-7(2)4-9(18)6-15-11-10-5-8(3)19-12(10)17-13(14)16-11/h5,7,9,18H,4,6H2,1-3H3,(H3,14,15,16,17). The normalized spacial score (nSPS) is 13.1. The molecule has 0 saturated heterocycles. The number of nitrogen functional groups attached to an aromatic ring is 1. The van der Waals surface area contributed by atoms with Gasteiger partial charge in [0.25, 0.3) is 0 Å². The minimum atomic E-state index is -0.383. The molecule has 2 rings (SSSR count). The van der Waals surface area contributed by atoms with Crippen LogP contribution >= 0.6 is 11.3 Å². The van der Waals surface area contributed by atoms with Gasteiger partial charge in [-0.25, -0.2) is 4.98 Å². The fraction of sp³-hybridized carbons (Fsp3) is 0.538. The van der Waals surface area contributed by atoms with Crippen molar-refractivity contribution in [1.82, 2.24) is 9.97 Å². The highest BCUT2D eigenvalue weighted by Gasteiger charge is 2.11. The third-order valence-electron chi connectivity index (χ3n) is 2.78. The van der Waals surface area contributed by atoms with Crippen molar-refractivity contribution in [2.24, 2.45) is 5.92 Å². The molecule has 0 aliphatic rings. The van der Waals surface area contributed by atoms with Crippen LogP contribution in [0.4, 0.5) is 11.8 Å². The van der Waals surface area contributed by atoms with E-state index < -0.39 is 0 Å². The Hall–Kier alpha value is -1.40. The number of fused-ring (bicyclic) bond motifs is 1. The minimum absolute atomic E-state index is 0.259. The van der Waals surface area contributed by atoms with E-state index in [1.54, 1.807) is 11.3 Å². The molecule has 0 aliphatic carbocycles. The van der Waals surface area contributed by atoms with Crippen LogP contribution in [0.2, 0.25) is 0 Å². The number of aryl methyl sites for hydroxylation is 1. The Morgan fingerprint density at radius 2 is 2.16 bits per heavy atom. The van der Waals surface area contributed by atoms with Crippen LogP contribution in [0.25, 0.3) is 10.2 Å². The quantitative estimate of drug-likeness (QED) is 0.783. The Labute approximate surface area is 116 Å². The highest BCUT2D eigenvalue weighted by atomic mass is 32.1. The average molecular weight is 280 g/mol. The molecule has 0 amide bonds. The number of aliphatic hydroxyl groups is 1. The summed E-state index contributed by atoms with van der Waals surface area (Å²) in [6, 6.07) is 2.04. The van der Waals surface area contributed by atoms with E-state index in [2.05, 4.69) is 29.1 Å². The fourth-order valence-electron chi connectivity index (χ4n) is 2.04. The summed E-state index contributed by atoms with van der Waals surface area (Å²) >= 11 is 1.59. The maximum atomic E-state index is 9.89. The molecule has 2 aromatic rings. The van der Waals surface area contributed by atoms with E-state index in [9.17, 15) is 5.11 Å². The Bertz CT molecular complexity index is 567. The number of nitrogens with two attached hydrogens (primary N) is 1. The van der Waals surface area contributed by atoms with Gasteiger partial charge in [0.05, 0.1) is 11.5 Å². The van der Waals surface area contributed by atoms with E-state index >= 15 is 0 Å². The van der Waals surface area contributed by atoms with Crippen molar-refractivity contribution in [2.45, 2.75) is 33.3 Å². The van der Waals surface area contributed by atoms with Crippen LogP contribution < -0.4 is 11.1 Å². The first kappa shape index (κ1) is 14.0. The first-order valence-electron chi connectivity index (χ1n) is 6.41. The SMILES string of the molecule is Cc1cc2c(NCC(O)CC(C)C)nc(N)nc2s1. The summed E-state index contributed by atoms with van der Waals surface area (Å²) in [6.45, 7) is 6.68. The van der Waals surface area contributed by atoms with E-state index in [-0.39, 0.29) is 12.1 Å². The molecule has 4 N–H and O–H groups in total. The van der Waals surface area contributed by atoms with Crippen LogP contribution in [0, 0.1) is 12.8 Å². The monoisotopic (exact) mass is 280 g/mol. The number of aromatic nitrogens is 2. The average Bonchev–Trinajstić information content (AvgIpc) is 2.65. The predicted molar refractivity (Wildman–Crippen MR) is 80.5 cm³/mol. The van der Waals surface area contributed by atoms with Gasteiger partial charge < -0.3 is 16.2 Å². The molecule has 19 heavy (non-hydrogen) atoms. The van der Waals surface area contributed by atoms with Crippen molar-refractivity contribution in [1.29, 1.82) is 0 Å². The summed E-state index contributed by atoms with van der Waals surface area (Å²) in [5, 5.41) is 14.0. The molecule has 0 saturated carbocycles. The van der Waals surface area contributed by atoms with Gasteiger partial charge in [-0.1, -0.05) is 13.8 Å². The Kier molecular flexibility index (Phi) is 4.21. The summed E-state index contributed by atoms with van der Waals surface area (Å²) in [6.07, 6.45) is 0.380. The Morgan fingerprint density at radius 1 is 1.42 bits per heavy atom. The van der Waals surface area contributed by atoms with Gasteiger partial charge in [-0.15, -0.1) is 11.3 Å². The van der Waals surface area contributed by atoms with Gasteiger partial charge in [0.2, 0.25) is 5.95 Å². The zero-order chi connectivity index (χ0) is 14.0. The second kappa shape index (κ2) is 5.71. The van der Waals surface area contributed by atoms with Crippen molar-refractivity contribution >= 4 is 33.3 Å². The summed E-state index contributed by atoms with van der Waals surface area (Å²) in [5.74, 6) is 1.43. The molecular formula is C13H20N4OS. The van der Waals surface area contributed by atoms with Crippen molar-refractivity contribution in [3.8, 4) is 0 Å². The van der Waals surface area contributed by atoms with Gasteiger partial charge in [0, 0.05) is 11.4 Å². The second-order valence-corrected chi connectivity index (χ2v) is 6.41. The lowest BCUT2D eigenvalue weighted by Gasteiger charge is -2.14. The van der Waals surface area contributed by atoms with E-state index in [4.69, 9.17) is 5.73 Å². The van der Waals surface area contributed by atoms with Gasteiger partial charge in [-0.05, 0) is 25.3 Å². The van der Waals surface area contributed by atoms with Gasteiger partial charge in [-0.2, -0.15) is 4.98 Å². The van der Waals surface area contributed by atoms with Gasteiger partial charge in [0.15, 0.2) is 0 Å². The van der Waals surface area contributed by atoms with Crippen LogP contribution in [0.5, 0.6) is 0 Å². The van der Waals surface area contributed by atoms with Crippen molar-refractivity contribution in [2.75, 3.05) is 17.6 Å². The number of nitrogens with zero attached hydrogens (tertiary/aromatic N) is 2. The van der Waals surface area contributed by atoms with Crippen LogP contribution in [-0.2, 0) is 0 Å². The third kappa shape index (κ3) is 3.54. The molecule has 0 bridgehead atoms. The van der Waals surface area contributed by atoms with E-state index in [1.165, 1.54) is 4.88 Å².